The van der Waals surface area contributed by atoms with Gasteiger partial charge in [-0.25, -0.2) is 0 Å². The highest BCUT2D eigenvalue weighted by Crippen LogP contribution is 2.35. The van der Waals surface area contributed by atoms with Crippen molar-refractivity contribution in [2.45, 2.75) is 41.2 Å². The van der Waals surface area contributed by atoms with E-state index < -0.39 is 0 Å². The van der Waals surface area contributed by atoms with Gasteiger partial charge in [-0.15, -0.1) is 0 Å². The lowest BCUT2D eigenvalue weighted by molar-refractivity contribution is 0.535. The highest BCUT2D eigenvalue weighted by Gasteiger charge is 2.15. The molecule has 0 unspecified atom stereocenters. The van der Waals surface area contributed by atoms with Crippen LogP contribution >= 0.6 is 0 Å². The van der Waals surface area contributed by atoms with Crippen molar-refractivity contribution in [2.24, 2.45) is 5.92 Å². The zero-order chi connectivity index (χ0) is 14.4. The predicted octanol–water partition coefficient (Wildman–Crippen LogP) is 5.38. The molecule has 1 heteroatoms. The lowest BCUT2D eigenvalue weighted by atomic mass is 9.95. The fourth-order valence-electron chi connectivity index (χ4n) is 3.40. The highest BCUT2D eigenvalue weighted by molar-refractivity contribution is 6.10. The molecule has 1 heterocycles. The minimum Gasteiger partial charge on any atom is -0.346 e. The Hall–Kier alpha value is -1.76. The summed E-state index contributed by atoms with van der Waals surface area (Å²) >= 11 is 0. The van der Waals surface area contributed by atoms with Crippen LogP contribution in [-0.4, -0.2) is 4.57 Å². The van der Waals surface area contributed by atoms with E-state index in [1.165, 1.54) is 38.4 Å². The molecule has 0 bridgehead atoms. The average Bonchev–Trinajstić information content (AvgIpc) is 2.72. The molecule has 20 heavy (non-hydrogen) atoms. The number of aryl methyl sites for hydroxylation is 3. The van der Waals surface area contributed by atoms with Crippen molar-refractivity contribution >= 4 is 21.7 Å². The Bertz CT molecular complexity index is 790. The smallest absolute Gasteiger partial charge is 0.0565 e. The molecule has 1 nitrogen and oxygen atoms in total. The van der Waals surface area contributed by atoms with Crippen molar-refractivity contribution in [1.82, 2.24) is 4.57 Å². The third-order valence-corrected chi connectivity index (χ3v) is 4.35. The van der Waals surface area contributed by atoms with E-state index in [0.717, 1.165) is 6.54 Å². The van der Waals surface area contributed by atoms with Crippen LogP contribution in [0.5, 0.6) is 0 Å². The summed E-state index contributed by atoms with van der Waals surface area (Å²) in [6.07, 6.45) is 2.32. The molecule has 0 aliphatic carbocycles. The summed E-state index contributed by atoms with van der Waals surface area (Å²) in [5, 5.41) is 4.22. The van der Waals surface area contributed by atoms with Gasteiger partial charge in [-0.1, -0.05) is 38.1 Å². The summed E-state index contributed by atoms with van der Waals surface area (Å²) in [7, 11) is 0. The third-order valence-electron chi connectivity index (χ3n) is 4.35. The van der Waals surface area contributed by atoms with Gasteiger partial charge in [-0.05, 0) is 48.8 Å². The molecule has 0 saturated carbocycles. The molecular formula is C19H23N. The highest BCUT2D eigenvalue weighted by atomic mass is 15.0. The van der Waals surface area contributed by atoms with Crippen LogP contribution in [0.25, 0.3) is 21.7 Å². The summed E-state index contributed by atoms with van der Waals surface area (Å²) in [6.45, 7) is 12.4. The Morgan fingerprint density at radius 3 is 2.25 bits per heavy atom. The van der Waals surface area contributed by atoms with E-state index in [1.54, 1.807) is 0 Å². The second kappa shape index (κ2) is 4.66. The topological polar surface area (TPSA) is 4.93 Å². The molecular weight excluding hydrogens is 242 g/mol. The predicted molar refractivity (Wildman–Crippen MR) is 88.5 cm³/mol. The van der Waals surface area contributed by atoms with E-state index in [4.69, 9.17) is 0 Å². The first kappa shape index (κ1) is 13.2. The van der Waals surface area contributed by atoms with Gasteiger partial charge in [0.1, 0.15) is 0 Å². The molecule has 0 amide bonds. The summed E-state index contributed by atoms with van der Waals surface area (Å²) in [6, 6.07) is 8.81. The number of nitrogens with zero attached hydrogens (tertiary/aromatic N) is 1. The Labute approximate surface area is 121 Å². The van der Waals surface area contributed by atoms with Gasteiger partial charge in [-0.3, -0.25) is 0 Å². The summed E-state index contributed by atoms with van der Waals surface area (Å²) < 4.78 is 2.45. The number of benzene rings is 2. The number of rotatable bonds is 2. The monoisotopic (exact) mass is 265 g/mol. The van der Waals surface area contributed by atoms with Crippen molar-refractivity contribution in [3.05, 3.63) is 47.2 Å². The molecule has 1 aromatic heterocycles. The first-order valence-corrected chi connectivity index (χ1v) is 7.48. The summed E-state index contributed by atoms with van der Waals surface area (Å²) in [4.78, 5) is 0. The summed E-state index contributed by atoms with van der Waals surface area (Å²) in [5.41, 5.74) is 5.65. The molecule has 0 N–H and O–H groups in total. The molecule has 104 valence electrons. The average molecular weight is 265 g/mol. The van der Waals surface area contributed by atoms with Crippen LogP contribution in [0.4, 0.5) is 0 Å². The first-order chi connectivity index (χ1) is 9.50. The molecule has 0 radical (unpaired) electrons. The second-order valence-electron chi connectivity index (χ2n) is 6.38. The van der Waals surface area contributed by atoms with E-state index in [1.807, 2.05) is 0 Å². The maximum Gasteiger partial charge on any atom is 0.0565 e. The van der Waals surface area contributed by atoms with Crippen LogP contribution in [0.1, 0.15) is 30.5 Å². The van der Waals surface area contributed by atoms with Crippen molar-refractivity contribution in [3.8, 4) is 0 Å². The van der Waals surface area contributed by atoms with Crippen molar-refractivity contribution in [2.75, 3.05) is 0 Å². The Morgan fingerprint density at radius 2 is 1.60 bits per heavy atom. The van der Waals surface area contributed by atoms with E-state index in [0.29, 0.717) is 5.92 Å². The Balaban J connectivity index is 2.51. The van der Waals surface area contributed by atoms with Gasteiger partial charge in [0.25, 0.3) is 0 Å². The zero-order valence-corrected chi connectivity index (χ0v) is 13.1. The number of hydrogen-bond donors (Lipinski definition) is 0. The fourth-order valence-corrected chi connectivity index (χ4v) is 3.40. The van der Waals surface area contributed by atoms with Crippen molar-refractivity contribution in [3.63, 3.8) is 0 Å². The van der Waals surface area contributed by atoms with Gasteiger partial charge >= 0.3 is 0 Å². The van der Waals surface area contributed by atoms with Gasteiger partial charge in [0.15, 0.2) is 0 Å². The molecule has 2 aromatic carbocycles. The van der Waals surface area contributed by atoms with Crippen LogP contribution in [0.3, 0.4) is 0 Å². The Morgan fingerprint density at radius 1 is 0.950 bits per heavy atom. The minimum atomic E-state index is 0.658. The number of fused-ring (bicyclic) bond motifs is 3. The van der Waals surface area contributed by atoms with Gasteiger partial charge in [0.2, 0.25) is 0 Å². The maximum absolute atomic E-state index is 2.45. The van der Waals surface area contributed by atoms with Gasteiger partial charge in [-0.2, -0.15) is 0 Å². The largest absolute Gasteiger partial charge is 0.346 e. The van der Waals surface area contributed by atoms with Gasteiger partial charge in [0, 0.05) is 23.5 Å². The summed E-state index contributed by atoms with van der Waals surface area (Å²) in [5.74, 6) is 0.658. The SMILES string of the molecule is Cc1c(C)c2c(C)cn(CC(C)C)c2c2ccccc12. The maximum atomic E-state index is 2.45. The fraction of sp³-hybridized carbons (Fsp3) is 0.368. The first-order valence-electron chi connectivity index (χ1n) is 7.48. The number of aromatic nitrogens is 1. The van der Waals surface area contributed by atoms with Crippen molar-refractivity contribution < 1.29 is 0 Å². The van der Waals surface area contributed by atoms with Crippen LogP contribution in [0.2, 0.25) is 0 Å². The van der Waals surface area contributed by atoms with Gasteiger partial charge < -0.3 is 4.57 Å². The molecule has 3 rings (SSSR count). The van der Waals surface area contributed by atoms with E-state index in [2.05, 4.69) is 69.6 Å². The molecule has 0 aliphatic rings. The van der Waals surface area contributed by atoms with E-state index in [9.17, 15) is 0 Å². The number of hydrogen-bond acceptors (Lipinski definition) is 0. The van der Waals surface area contributed by atoms with Crippen LogP contribution in [0, 0.1) is 26.7 Å². The molecule has 0 spiro atoms. The second-order valence-corrected chi connectivity index (χ2v) is 6.38. The molecule has 0 fully saturated rings. The van der Waals surface area contributed by atoms with E-state index in [-0.39, 0.29) is 0 Å². The normalized spacial score (nSPS) is 11.9. The van der Waals surface area contributed by atoms with Crippen molar-refractivity contribution in [1.29, 1.82) is 0 Å². The Kier molecular flexibility index (Phi) is 3.08. The van der Waals surface area contributed by atoms with Gasteiger partial charge in [0.05, 0.1) is 5.52 Å². The third kappa shape index (κ3) is 1.84. The molecule has 0 atom stereocenters. The molecule has 3 aromatic rings. The van der Waals surface area contributed by atoms with Crippen LogP contribution < -0.4 is 0 Å². The lowest BCUT2D eigenvalue weighted by Gasteiger charge is -2.14. The van der Waals surface area contributed by atoms with E-state index >= 15 is 0 Å². The molecule has 0 saturated heterocycles. The standard InChI is InChI=1S/C19H23N/c1-12(2)10-20-11-13(3)18-15(5)14(4)16-8-6-7-9-17(16)19(18)20/h6-9,11-12H,10H2,1-5H3. The molecule has 0 aliphatic heterocycles. The van der Waals surface area contributed by atoms with Crippen LogP contribution in [-0.2, 0) is 6.54 Å². The zero-order valence-electron chi connectivity index (χ0n) is 13.1. The minimum absolute atomic E-state index is 0.658. The lowest BCUT2D eigenvalue weighted by Crippen LogP contribution is -2.03. The quantitative estimate of drug-likeness (QED) is 0.586. The van der Waals surface area contributed by atoms with Crippen LogP contribution in [0.15, 0.2) is 30.5 Å².